The number of carbonyl (C=O) groups excluding carboxylic acids is 1. The van der Waals surface area contributed by atoms with E-state index in [1.54, 1.807) is 29.8 Å². The van der Waals surface area contributed by atoms with Crippen molar-refractivity contribution in [2.24, 2.45) is 0 Å². The Labute approximate surface area is 229 Å². The SMILES string of the molecule is C=S(=O)(NC#N)c1ccc(CNC(=O)c2cn(C3CCOCC3)c(C)c(-c3cccc(C(F)(F)F)c3)c2=O)cc1. The van der Waals surface area contributed by atoms with Gasteiger partial charge in [0, 0.05) is 43.3 Å². The average Bonchev–Trinajstić information content (AvgIpc) is 2.92. The number of rotatable bonds is 7. The van der Waals surface area contributed by atoms with Gasteiger partial charge in [0.05, 0.1) is 20.2 Å². The minimum Gasteiger partial charge on any atom is -0.381 e. The second-order valence-corrected chi connectivity index (χ2v) is 11.4. The topological polar surface area (TPSA) is 113 Å². The molecule has 2 N–H and O–H groups in total. The molecule has 1 fully saturated rings. The smallest absolute Gasteiger partial charge is 0.381 e. The zero-order chi connectivity index (χ0) is 29.1. The van der Waals surface area contributed by atoms with E-state index in [0.717, 1.165) is 12.1 Å². The molecule has 2 aromatic carbocycles. The van der Waals surface area contributed by atoms with Crippen LogP contribution in [0.4, 0.5) is 13.2 Å². The molecule has 1 aliphatic heterocycles. The first-order valence-corrected chi connectivity index (χ1v) is 14.1. The normalized spacial score (nSPS) is 15.6. The van der Waals surface area contributed by atoms with Gasteiger partial charge >= 0.3 is 6.18 Å². The lowest BCUT2D eigenvalue weighted by atomic mass is 9.97. The highest BCUT2D eigenvalue weighted by molar-refractivity contribution is 7.98. The molecule has 1 aromatic heterocycles. The second-order valence-electron chi connectivity index (χ2n) is 9.38. The van der Waals surface area contributed by atoms with Gasteiger partial charge in [0.1, 0.15) is 5.56 Å². The van der Waals surface area contributed by atoms with Crippen LogP contribution in [0.25, 0.3) is 11.1 Å². The molecule has 3 aromatic rings. The third-order valence-corrected chi connectivity index (χ3v) is 8.22. The molecule has 210 valence electrons. The molecular weight excluding hydrogens is 545 g/mol. The van der Waals surface area contributed by atoms with Gasteiger partial charge in [-0.2, -0.15) is 18.4 Å². The lowest BCUT2D eigenvalue weighted by Gasteiger charge is -2.28. The van der Waals surface area contributed by atoms with Gasteiger partial charge in [-0.3, -0.25) is 9.59 Å². The number of carbonyl (C=O) groups is 1. The number of pyridine rings is 1. The van der Waals surface area contributed by atoms with Crippen molar-refractivity contribution in [3.05, 3.63) is 87.3 Å². The molecule has 2 heterocycles. The minimum atomic E-state index is -4.60. The van der Waals surface area contributed by atoms with E-state index in [1.165, 1.54) is 30.5 Å². The Hall–Kier alpha value is -4.08. The number of amides is 1. The zero-order valence-corrected chi connectivity index (χ0v) is 22.4. The van der Waals surface area contributed by atoms with Gasteiger partial charge in [0.25, 0.3) is 5.91 Å². The molecule has 8 nitrogen and oxygen atoms in total. The van der Waals surface area contributed by atoms with Gasteiger partial charge < -0.3 is 14.6 Å². The molecule has 0 radical (unpaired) electrons. The summed E-state index contributed by atoms with van der Waals surface area (Å²) in [6, 6.07) is 10.6. The number of alkyl halides is 3. The van der Waals surface area contributed by atoms with Gasteiger partial charge in [0.2, 0.25) is 5.43 Å². The first-order chi connectivity index (χ1) is 18.9. The summed E-state index contributed by atoms with van der Waals surface area (Å²) in [6.45, 7) is 2.65. The van der Waals surface area contributed by atoms with Gasteiger partial charge in [0.15, 0.2) is 6.19 Å². The molecule has 1 aliphatic rings. The van der Waals surface area contributed by atoms with Crippen molar-refractivity contribution in [3.63, 3.8) is 0 Å². The van der Waals surface area contributed by atoms with Crippen LogP contribution in [0, 0.1) is 18.4 Å². The summed E-state index contributed by atoms with van der Waals surface area (Å²) < 4.78 is 62.1. The minimum absolute atomic E-state index is 0.0204. The van der Waals surface area contributed by atoms with Gasteiger partial charge in [-0.15, -0.1) is 0 Å². The van der Waals surface area contributed by atoms with Crippen LogP contribution in [0.5, 0.6) is 0 Å². The number of nitrogens with one attached hydrogen (secondary N) is 2. The van der Waals surface area contributed by atoms with Crippen molar-refractivity contribution in [2.75, 3.05) is 13.2 Å². The Kier molecular flexibility index (Phi) is 8.37. The molecule has 1 amide bonds. The average molecular weight is 573 g/mol. The molecule has 0 saturated carbocycles. The fourth-order valence-electron chi connectivity index (χ4n) is 4.66. The van der Waals surface area contributed by atoms with Crippen LogP contribution < -0.4 is 15.5 Å². The fraction of sp³-hybridized carbons (Fsp3) is 0.286. The molecule has 4 rings (SSSR count). The van der Waals surface area contributed by atoms with Gasteiger partial charge in [-0.25, -0.2) is 8.93 Å². The molecule has 12 heteroatoms. The van der Waals surface area contributed by atoms with Crippen molar-refractivity contribution in [2.45, 2.75) is 43.4 Å². The second kappa shape index (κ2) is 11.6. The number of nitrogens with zero attached hydrogens (tertiary/aromatic N) is 2. The van der Waals surface area contributed by atoms with Gasteiger partial charge in [-0.05, 0) is 61.0 Å². The Balaban J connectivity index is 1.70. The third-order valence-electron chi connectivity index (χ3n) is 6.76. The van der Waals surface area contributed by atoms with E-state index in [0.29, 0.717) is 42.2 Å². The Morgan fingerprint density at radius 3 is 2.50 bits per heavy atom. The van der Waals surface area contributed by atoms with Crippen LogP contribution >= 0.6 is 0 Å². The summed E-state index contributed by atoms with van der Waals surface area (Å²) in [5, 5.41) is 11.4. The van der Waals surface area contributed by atoms with Crippen molar-refractivity contribution >= 4 is 21.5 Å². The van der Waals surface area contributed by atoms with Crippen LogP contribution in [-0.4, -0.2) is 33.8 Å². The van der Waals surface area contributed by atoms with Crippen LogP contribution in [0.15, 0.2) is 64.4 Å². The predicted octanol–water partition coefficient (Wildman–Crippen LogP) is 4.19. The number of aromatic nitrogens is 1. The lowest BCUT2D eigenvalue weighted by molar-refractivity contribution is -0.137. The highest BCUT2D eigenvalue weighted by Crippen LogP contribution is 2.33. The first kappa shape index (κ1) is 28.9. The number of hydrogen-bond acceptors (Lipinski definition) is 5. The third kappa shape index (κ3) is 6.21. The quantitative estimate of drug-likeness (QED) is 0.251. The summed E-state index contributed by atoms with van der Waals surface area (Å²) >= 11 is 0. The summed E-state index contributed by atoms with van der Waals surface area (Å²) in [6.07, 6.45) is -0.286. The standard InChI is InChI=1S/C28H27F3N4O4S/c1-18-25(20-4-3-5-21(14-20)28(29,30)31)26(36)24(16-35(18)22-10-12-39-13-11-22)27(37)33-15-19-6-8-23(9-7-19)40(2,38)34-17-32/h3-9,14,16,22H,2,10-13,15H2,1H3,(H,33,37)(H,34,38). The van der Waals surface area contributed by atoms with E-state index in [1.807, 2.05) is 0 Å². The number of ether oxygens (including phenoxy) is 1. The van der Waals surface area contributed by atoms with Crippen molar-refractivity contribution in [1.82, 2.24) is 14.6 Å². The number of nitriles is 1. The molecule has 0 spiro atoms. The molecular formula is C28H27F3N4O4S. The van der Waals surface area contributed by atoms with Crippen LogP contribution in [0.2, 0.25) is 0 Å². The highest BCUT2D eigenvalue weighted by atomic mass is 32.2. The molecule has 1 atom stereocenters. The van der Waals surface area contributed by atoms with E-state index in [-0.39, 0.29) is 29.3 Å². The molecule has 0 bridgehead atoms. The van der Waals surface area contributed by atoms with Crippen molar-refractivity contribution in [3.8, 4) is 17.3 Å². The maximum Gasteiger partial charge on any atom is 0.416 e. The van der Waals surface area contributed by atoms with E-state index < -0.39 is 32.8 Å². The maximum atomic E-state index is 13.6. The van der Waals surface area contributed by atoms with E-state index in [9.17, 15) is 27.0 Å². The molecule has 0 aliphatic carbocycles. The summed E-state index contributed by atoms with van der Waals surface area (Å²) in [4.78, 5) is 27.2. The molecule has 40 heavy (non-hydrogen) atoms. The zero-order valence-electron chi connectivity index (χ0n) is 21.6. The van der Waals surface area contributed by atoms with Crippen molar-refractivity contribution < 1.29 is 26.9 Å². The first-order valence-electron chi connectivity index (χ1n) is 12.3. The van der Waals surface area contributed by atoms with Crippen molar-refractivity contribution in [1.29, 1.82) is 5.26 Å². The number of halogens is 3. The van der Waals surface area contributed by atoms with Gasteiger partial charge in [-0.1, -0.05) is 24.3 Å². The maximum absolute atomic E-state index is 13.6. The Morgan fingerprint density at radius 2 is 1.88 bits per heavy atom. The highest BCUT2D eigenvalue weighted by Gasteiger charge is 2.31. The number of benzene rings is 2. The summed E-state index contributed by atoms with van der Waals surface area (Å²) in [5.74, 6) is 2.82. The Bertz CT molecular complexity index is 1620. The molecule has 1 unspecified atom stereocenters. The monoisotopic (exact) mass is 572 g/mol. The van der Waals surface area contributed by atoms with E-state index >= 15 is 0 Å². The van der Waals surface area contributed by atoms with E-state index in [2.05, 4.69) is 15.9 Å². The largest absolute Gasteiger partial charge is 0.416 e. The molecule has 1 saturated heterocycles. The Morgan fingerprint density at radius 1 is 1.20 bits per heavy atom. The van der Waals surface area contributed by atoms with Crippen LogP contribution in [0.1, 0.15) is 46.1 Å². The predicted molar refractivity (Wildman–Crippen MR) is 145 cm³/mol. The van der Waals surface area contributed by atoms with Crippen LogP contribution in [-0.2, 0) is 27.2 Å². The summed E-state index contributed by atoms with van der Waals surface area (Å²) in [5.41, 5.74) is -0.565. The van der Waals surface area contributed by atoms with Crippen LogP contribution in [0.3, 0.4) is 0 Å². The van der Waals surface area contributed by atoms with E-state index in [4.69, 9.17) is 10.00 Å². The summed E-state index contributed by atoms with van der Waals surface area (Å²) in [7, 11) is -2.99. The number of hydrogen-bond donors (Lipinski definition) is 2. The lowest BCUT2D eigenvalue weighted by Crippen LogP contribution is -2.32. The fourth-order valence-corrected chi connectivity index (χ4v) is 5.50.